The molecule has 10 heteroatoms. The number of carbonyl (C=O) groups excluding carboxylic acids is 2. The highest BCUT2D eigenvalue weighted by Crippen LogP contribution is 2.43. The number of rotatable bonds is 6. The summed E-state index contributed by atoms with van der Waals surface area (Å²) in [4.78, 5) is 26.6. The van der Waals surface area contributed by atoms with Gasteiger partial charge >= 0.3 is 0 Å². The van der Waals surface area contributed by atoms with Crippen molar-refractivity contribution in [1.29, 1.82) is 0 Å². The van der Waals surface area contributed by atoms with Crippen LogP contribution in [0.25, 0.3) is 20.2 Å². The fraction of sp³-hybridized carbons (Fsp3) is 0.0769. The van der Waals surface area contributed by atoms with Crippen LogP contribution in [0.15, 0.2) is 60.7 Å². The Labute approximate surface area is 224 Å². The number of nitrogens with one attached hydrogen (secondary N) is 2. The van der Waals surface area contributed by atoms with Crippen molar-refractivity contribution < 1.29 is 19.1 Å². The van der Waals surface area contributed by atoms with Gasteiger partial charge in [0.05, 0.1) is 24.3 Å². The Balaban J connectivity index is 1.42. The SMILES string of the molecule is COc1ccc(NC(=O)c2sc3cc4c(Cl)c(C(=O)Nc5ccc(OC)cc5)sc4cc3c2Cl)cc1. The van der Waals surface area contributed by atoms with Gasteiger partial charge in [0.1, 0.15) is 21.3 Å². The Morgan fingerprint density at radius 2 is 1.03 bits per heavy atom. The van der Waals surface area contributed by atoms with E-state index in [9.17, 15) is 9.59 Å². The van der Waals surface area contributed by atoms with Crippen molar-refractivity contribution in [1.82, 2.24) is 0 Å². The molecule has 6 nitrogen and oxygen atoms in total. The molecule has 2 heterocycles. The molecular formula is C26H18Cl2N2O4S2. The quantitative estimate of drug-likeness (QED) is 0.222. The lowest BCUT2D eigenvalue weighted by Gasteiger charge is -2.05. The Hall–Kier alpha value is -3.30. The van der Waals surface area contributed by atoms with Crippen LogP contribution in [0.1, 0.15) is 19.3 Å². The minimum atomic E-state index is -0.305. The smallest absolute Gasteiger partial charge is 0.267 e. The highest BCUT2D eigenvalue weighted by Gasteiger charge is 2.22. The molecular weight excluding hydrogens is 539 g/mol. The van der Waals surface area contributed by atoms with Crippen molar-refractivity contribution in [3.8, 4) is 11.5 Å². The van der Waals surface area contributed by atoms with Crippen LogP contribution < -0.4 is 20.1 Å². The van der Waals surface area contributed by atoms with Gasteiger partial charge in [0.2, 0.25) is 0 Å². The maximum Gasteiger partial charge on any atom is 0.267 e. The molecule has 0 aliphatic heterocycles. The van der Waals surface area contributed by atoms with E-state index in [0.717, 1.165) is 20.2 Å². The van der Waals surface area contributed by atoms with E-state index in [2.05, 4.69) is 10.6 Å². The predicted molar refractivity (Wildman–Crippen MR) is 149 cm³/mol. The van der Waals surface area contributed by atoms with Crippen LogP contribution >= 0.6 is 45.9 Å². The summed E-state index contributed by atoms with van der Waals surface area (Å²) in [7, 11) is 3.16. The number of anilines is 2. The molecule has 0 spiro atoms. The van der Waals surface area contributed by atoms with Crippen LogP contribution in [-0.2, 0) is 0 Å². The number of hydrogen-bond acceptors (Lipinski definition) is 6. The highest BCUT2D eigenvalue weighted by molar-refractivity contribution is 7.23. The van der Waals surface area contributed by atoms with Crippen molar-refractivity contribution in [2.75, 3.05) is 24.9 Å². The van der Waals surface area contributed by atoms with Gasteiger partial charge in [-0.25, -0.2) is 0 Å². The fourth-order valence-electron chi connectivity index (χ4n) is 3.64. The number of carbonyl (C=O) groups is 2. The molecule has 0 unspecified atom stereocenters. The van der Waals surface area contributed by atoms with Crippen LogP contribution in [-0.4, -0.2) is 26.0 Å². The van der Waals surface area contributed by atoms with Gasteiger partial charge in [0, 0.05) is 31.5 Å². The van der Waals surface area contributed by atoms with Crippen molar-refractivity contribution in [2.45, 2.75) is 0 Å². The number of hydrogen-bond donors (Lipinski definition) is 2. The number of ether oxygens (including phenoxy) is 2. The topological polar surface area (TPSA) is 76.7 Å². The molecule has 0 bridgehead atoms. The molecule has 2 N–H and O–H groups in total. The lowest BCUT2D eigenvalue weighted by Crippen LogP contribution is -2.10. The lowest BCUT2D eigenvalue weighted by molar-refractivity contribution is 0.102. The number of thiophene rings is 2. The minimum Gasteiger partial charge on any atom is -0.497 e. The maximum atomic E-state index is 12.9. The number of methoxy groups -OCH3 is 2. The molecule has 2 amide bonds. The summed E-state index contributed by atoms with van der Waals surface area (Å²) in [5.74, 6) is 0.782. The Bertz CT molecular complexity index is 1490. The molecule has 0 saturated carbocycles. The first-order valence-corrected chi connectivity index (χ1v) is 13.0. The van der Waals surface area contributed by atoms with Crippen LogP contribution in [0.4, 0.5) is 11.4 Å². The lowest BCUT2D eigenvalue weighted by atomic mass is 10.2. The number of fused-ring (bicyclic) bond motifs is 2. The van der Waals surface area contributed by atoms with E-state index in [4.69, 9.17) is 32.7 Å². The van der Waals surface area contributed by atoms with E-state index in [0.29, 0.717) is 42.7 Å². The van der Waals surface area contributed by atoms with Gasteiger partial charge in [0.15, 0.2) is 0 Å². The third-order valence-corrected chi connectivity index (χ3v) is 8.80. The first-order valence-electron chi connectivity index (χ1n) is 10.6. The molecule has 36 heavy (non-hydrogen) atoms. The largest absolute Gasteiger partial charge is 0.497 e. The van der Waals surface area contributed by atoms with Crippen LogP contribution in [0.3, 0.4) is 0 Å². The fourth-order valence-corrected chi connectivity index (χ4v) is 6.49. The van der Waals surface area contributed by atoms with E-state index in [1.54, 1.807) is 62.8 Å². The summed E-state index contributed by atoms with van der Waals surface area (Å²) >= 11 is 15.8. The van der Waals surface area contributed by atoms with Gasteiger partial charge in [-0.3, -0.25) is 9.59 Å². The van der Waals surface area contributed by atoms with E-state index < -0.39 is 0 Å². The standard InChI is InChI=1S/C26H18Cl2N2O4S2/c1-33-15-7-3-13(4-8-15)29-25(31)23-21(27)17-11-20-18(12-19(17)35-23)22(28)24(36-20)26(32)30-14-5-9-16(34-2)10-6-14/h3-12H,1-2H3,(H,29,31)(H,30,32). The predicted octanol–water partition coefficient (Wildman–Crippen LogP) is 7.94. The molecule has 182 valence electrons. The molecule has 0 saturated heterocycles. The van der Waals surface area contributed by atoms with Crippen LogP contribution in [0.2, 0.25) is 10.0 Å². The molecule has 0 aliphatic carbocycles. The average molecular weight is 557 g/mol. The zero-order valence-corrected chi connectivity index (χ0v) is 22.1. The zero-order valence-electron chi connectivity index (χ0n) is 19.0. The van der Waals surface area contributed by atoms with Gasteiger partial charge in [-0.2, -0.15) is 0 Å². The maximum absolute atomic E-state index is 12.9. The minimum absolute atomic E-state index is 0.305. The van der Waals surface area contributed by atoms with Gasteiger partial charge < -0.3 is 20.1 Å². The van der Waals surface area contributed by atoms with Crippen LogP contribution in [0, 0.1) is 0 Å². The first kappa shape index (κ1) is 24.4. The molecule has 0 aliphatic rings. The molecule has 5 rings (SSSR count). The van der Waals surface area contributed by atoms with Gasteiger partial charge in [-0.15, -0.1) is 22.7 Å². The molecule has 5 aromatic rings. The summed E-state index contributed by atoms with van der Waals surface area (Å²) in [6.45, 7) is 0. The van der Waals surface area contributed by atoms with Gasteiger partial charge in [-0.1, -0.05) is 23.2 Å². The van der Waals surface area contributed by atoms with Crippen LogP contribution in [0.5, 0.6) is 11.5 Å². The first-order chi connectivity index (χ1) is 17.4. The van der Waals surface area contributed by atoms with E-state index in [1.165, 1.54) is 22.7 Å². The molecule has 0 atom stereocenters. The number of benzene rings is 3. The number of amides is 2. The van der Waals surface area contributed by atoms with Crippen molar-refractivity contribution in [2.24, 2.45) is 0 Å². The second kappa shape index (κ2) is 9.99. The summed E-state index contributed by atoms with van der Waals surface area (Å²) in [6, 6.07) is 17.8. The highest BCUT2D eigenvalue weighted by atomic mass is 35.5. The van der Waals surface area contributed by atoms with Crippen molar-refractivity contribution >= 4 is 89.2 Å². The van der Waals surface area contributed by atoms with Crippen molar-refractivity contribution in [3.05, 3.63) is 80.5 Å². The van der Waals surface area contributed by atoms with Gasteiger partial charge in [0.25, 0.3) is 11.8 Å². The number of halogens is 2. The van der Waals surface area contributed by atoms with Gasteiger partial charge in [-0.05, 0) is 60.7 Å². The molecule has 3 aromatic carbocycles. The Kier molecular flexibility index (Phi) is 6.77. The third-order valence-electron chi connectivity index (χ3n) is 5.49. The second-order valence-electron chi connectivity index (χ2n) is 7.70. The molecule has 0 fully saturated rings. The van der Waals surface area contributed by atoms with E-state index >= 15 is 0 Å². The monoisotopic (exact) mass is 556 g/mol. The summed E-state index contributed by atoms with van der Waals surface area (Å²) in [6.07, 6.45) is 0. The molecule has 0 radical (unpaired) electrons. The Morgan fingerprint density at radius 3 is 1.36 bits per heavy atom. The van der Waals surface area contributed by atoms with E-state index in [1.807, 2.05) is 12.1 Å². The summed E-state index contributed by atoms with van der Waals surface area (Å²) < 4.78 is 11.9. The average Bonchev–Trinajstić information content (AvgIpc) is 3.40. The normalized spacial score (nSPS) is 11.0. The third kappa shape index (κ3) is 4.60. The van der Waals surface area contributed by atoms with E-state index in [-0.39, 0.29) is 11.8 Å². The van der Waals surface area contributed by atoms with Crippen molar-refractivity contribution in [3.63, 3.8) is 0 Å². The molecule has 2 aromatic heterocycles. The Morgan fingerprint density at radius 1 is 0.667 bits per heavy atom. The summed E-state index contributed by atoms with van der Waals surface area (Å²) in [5.41, 5.74) is 1.26. The zero-order chi connectivity index (χ0) is 25.4. The second-order valence-corrected chi connectivity index (χ2v) is 10.6. The summed E-state index contributed by atoms with van der Waals surface area (Å²) in [5, 5.41) is 7.90.